The van der Waals surface area contributed by atoms with E-state index in [9.17, 15) is 0 Å². The van der Waals surface area contributed by atoms with E-state index in [0.29, 0.717) is 0 Å². The molecule has 0 aliphatic carbocycles. The van der Waals surface area contributed by atoms with Crippen LogP contribution in [0.3, 0.4) is 0 Å². The van der Waals surface area contributed by atoms with E-state index in [0.717, 1.165) is 18.5 Å². The summed E-state index contributed by atoms with van der Waals surface area (Å²) >= 11 is 0. The van der Waals surface area contributed by atoms with Gasteiger partial charge < -0.3 is 10.2 Å². The quantitative estimate of drug-likeness (QED) is 0.652. The van der Waals surface area contributed by atoms with Gasteiger partial charge in [-0.05, 0) is 51.7 Å². The summed E-state index contributed by atoms with van der Waals surface area (Å²) in [6.07, 6.45) is 5.46. The first kappa shape index (κ1) is 13.0. The Morgan fingerprint density at radius 2 is 2.20 bits per heavy atom. The van der Waals surface area contributed by atoms with Gasteiger partial charge in [-0.3, -0.25) is 0 Å². The van der Waals surface area contributed by atoms with Gasteiger partial charge in [0.2, 0.25) is 0 Å². The highest BCUT2D eigenvalue weighted by Crippen LogP contribution is 2.22. The fourth-order valence-corrected chi connectivity index (χ4v) is 2.48. The van der Waals surface area contributed by atoms with Crippen molar-refractivity contribution in [2.75, 3.05) is 26.2 Å². The van der Waals surface area contributed by atoms with Gasteiger partial charge in [0.05, 0.1) is 0 Å². The number of likely N-dealkylation sites (tertiary alicyclic amines) is 1. The maximum Gasteiger partial charge on any atom is 0.00675 e. The van der Waals surface area contributed by atoms with Gasteiger partial charge in [0.1, 0.15) is 0 Å². The SMILES string of the molecule is CCNCCCC(C)N1CCC(CC)C1. The normalized spacial score (nSPS) is 24.6. The second-order valence-corrected chi connectivity index (χ2v) is 4.90. The summed E-state index contributed by atoms with van der Waals surface area (Å²) in [5.74, 6) is 0.973. The highest BCUT2D eigenvalue weighted by Gasteiger charge is 2.24. The van der Waals surface area contributed by atoms with Crippen molar-refractivity contribution in [3.8, 4) is 0 Å². The molecule has 0 amide bonds. The predicted molar refractivity (Wildman–Crippen MR) is 67.2 cm³/mol. The zero-order valence-corrected chi connectivity index (χ0v) is 10.8. The minimum atomic E-state index is 0.792. The van der Waals surface area contributed by atoms with Crippen LogP contribution < -0.4 is 5.32 Å². The highest BCUT2D eigenvalue weighted by molar-refractivity contribution is 4.78. The number of nitrogens with zero attached hydrogens (tertiary/aromatic N) is 1. The van der Waals surface area contributed by atoms with Crippen molar-refractivity contribution in [2.24, 2.45) is 5.92 Å². The summed E-state index contributed by atoms with van der Waals surface area (Å²) in [5.41, 5.74) is 0. The van der Waals surface area contributed by atoms with Crippen molar-refractivity contribution in [3.63, 3.8) is 0 Å². The number of rotatable bonds is 7. The van der Waals surface area contributed by atoms with E-state index in [-0.39, 0.29) is 0 Å². The van der Waals surface area contributed by atoms with Gasteiger partial charge in [-0.15, -0.1) is 0 Å². The largest absolute Gasteiger partial charge is 0.317 e. The van der Waals surface area contributed by atoms with Crippen molar-refractivity contribution in [1.29, 1.82) is 0 Å². The molecule has 1 aliphatic rings. The minimum Gasteiger partial charge on any atom is -0.317 e. The van der Waals surface area contributed by atoms with Crippen LogP contribution in [0.2, 0.25) is 0 Å². The first-order valence-electron chi connectivity index (χ1n) is 6.72. The summed E-state index contributed by atoms with van der Waals surface area (Å²) in [4.78, 5) is 2.68. The molecule has 2 heteroatoms. The summed E-state index contributed by atoms with van der Waals surface area (Å²) < 4.78 is 0. The third-order valence-electron chi connectivity index (χ3n) is 3.74. The summed E-state index contributed by atoms with van der Waals surface area (Å²) in [5, 5.41) is 3.40. The molecular weight excluding hydrogens is 184 g/mol. The van der Waals surface area contributed by atoms with Crippen LogP contribution in [0.1, 0.15) is 46.5 Å². The van der Waals surface area contributed by atoms with E-state index < -0.39 is 0 Å². The zero-order chi connectivity index (χ0) is 11.1. The van der Waals surface area contributed by atoms with Crippen molar-refractivity contribution >= 4 is 0 Å². The van der Waals surface area contributed by atoms with Gasteiger partial charge in [-0.1, -0.05) is 20.3 Å². The Balaban J connectivity index is 2.09. The average molecular weight is 212 g/mol. The van der Waals surface area contributed by atoms with Crippen LogP contribution in [-0.4, -0.2) is 37.1 Å². The third kappa shape index (κ3) is 4.52. The third-order valence-corrected chi connectivity index (χ3v) is 3.74. The van der Waals surface area contributed by atoms with Crippen molar-refractivity contribution < 1.29 is 0 Å². The van der Waals surface area contributed by atoms with Crippen LogP contribution in [-0.2, 0) is 0 Å². The molecule has 0 spiro atoms. The Labute approximate surface area is 95.4 Å². The molecule has 2 nitrogen and oxygen atoms in total. The van der Waals surface area contributed by atoms with Gasteiger partial charge >= 0.3 is 0 Å². The molecule has 0 aromatic rings. The lowest BCUT2D eigenvalue weighted by atomic mass is 10.1. The molecule has 1 N–H and O–H groups in total. The second-order valence-electron chi connectivity index (χ2n) is 4.90. The molecule has 1 rings (SSSR count). The van der Waals surface area contributed by atoms with Gasteiger partial charge in [0, 0.05) is 12.6 Å². The Hall–Kier alpha value is -0.0800. The lowest BCUT2D eigenvalue weighted by Crippen LogP contribution is -2.31. The van der Waals surface area contributed by atoms with Crippen LogP contribution >= 0.6 is 0 Å². The van der Waals surface area contributed by atoms with Crippen molar-refractivity contribution in [3.05, 3.63) is 0 Å². The molecule has 90 valence electrons. The molecule has 1 fully saturated rings. The van der Waals surface area contributed by atoms with E-state index in [1.165, 1.54) is 45.3 Å². The molecule has 0 aromatic carbocycles. The van der Waals surface area contributed by atoms with E-state index in [2.05, 4.69) is 31.0 Å². The Bertz CT molecular complexity index is 159. The molecule has 2 atom stereocenters. The van der Waals surface area contributed by atoms with Crippen LogP contribution in [0, 0.1) is 5.92 Å². The summed E-state index contributed by atoms with van der Waals surface area (Å²) in [7, 11) is 0. The molecule has 1 heterocycles. The first-order chi connectivity index (χ1) is 7.27. The molecule has 1 saturated heterocycles. The lowest BCUT2D eigenvalue weighted by Gasteiger charge is -2.24. The van der Waals surface area contributed by atoms with Crippen molar-refractivity contribution in [1.82, 2.24) is 10.2 Å². The number of hydrogen-bond acceptors (Lipinski definition) is 2. The average Bonchev–Trinajstić information content (AvgIpc) is 2.72. The highest BCUT2D eigenvalue weighted by atomic mass is 15.2. The van der Waals surface area contributed by atoms with Gasteiger partial charge in [-0.25, -0.2) is 0 Å². The van der Waals surface area contributed by atoms with Gasteiger partial charge in [0.15, 0.2) is 0 Å². The van der Waals surface area contributed by atoms with E-state index in [1.807, 2.05) is 0 Å². The fraction of sp³-hybridized carbons (Fsp3) is 1.00. The van der Waals surface area contributed by atoms with Crippen LogP contribution in [0.5, 0.6) is 0 Å². The Kier molecular flexibility index (Phi) is 6.26. The molecule has 0 aromatic heterocycles. The molecule has 0 bridgehead atoms. The molecule has 15 heavy (non-hydrogen) atoms. The van der Waals surface area contributed by atoms with E-state index in [4.69, 9.17) is 0 Å². The molecule has 0 radical (unpaired) electrons. The summed E-state index contributed by atoms with van der Waals surface area (Å²) in [6, 6.07) is 0.792. The van der Waals surface area contributed by atoms with Crippen molar-refractivity contribution in [2.45, 2.75) is 52.5 Å². The molecule has 2 unspecified atom stereocenters. The maximum atomic E-state index is 3.40. The minimum absolute atomic E-state index is 0.792. The first-order valence-corrected chi connectivity index (χ1v) is 6.72. The summed E-state index contributed by atoms with van der Waals surface area (Å²) in [6.45, 7) is 11.9. The molecular formula is C13H28N2. The lowest BCUT2D eigenvalue weighted by molar-refractivity contribution is 0.234. The zero-order valence-electron chi connectivity index (χ0n) is 10.8. The maximum absolute atomic E-state index is 3.40. The smallest absolute Gasteiger partial charge is 0.00675 e. The Morgan fingerprint density at radius 1 is 1.40 bits per heavy atom. The predicted octanol–water partition coefficient (Wildman–Crippen LogP) is 2.50. The standard InChI is InChI=1S/C13H28N2/c1-4-13-8-10-15(11-13)12(3)7-6-9-14-5-2/h12-14H,4-11H2,1-3H3. The number of hydrogen-bond donors (Lipinski definition) is 1. The van der Waals surface area contributed by atoms with Crippen LogP contribution in [0.4, 0.5) is 0 Å². The molecule has 1 aliphatic heterocycles. The van der Waals surface area contributed by atoms with Crippen LogP contribution in [0.15, 0.2) is 0 Å². The number of nitrogens with one attached hydrogen (secondary N) is 1. The van der Waals surface area contributed by atoms with E-state index in [1.54, 1.807) is 0 Å². The topological polar surface area (TPSA) is 15.3 Å². The Morgan fingerprint density at radius 3 is 2.80 bits per heavy atom. The molecule has 0 saturated carbocycles. The van der Waals surface area contributed by atoms with E-state index >= 15 is 0 Å². The van der Waals surface area contributed by atoms with Gasteiger partial charge in [0.25, 0.3) is 0 Å². The fourth-order valence-electron chi connectivity index (χ4n) is 2.48. The monoisotopic (exact) mass is 212 g/mol. The van der Waals surface area contributed by atoms with Gasteiger partial charge in [-0.2, -0.15) is 0 Å². The van der Waals surface area contributed by atoms with Crippen LogP contribution in [0.25, 0.3) is 0 Å². The second kappa shape index (κ2) is 7.24.